The molecule has 23 heavy (non-hydrogen) atoms. The molecule has 2 aromatic heterocycles. The molecule has 5 nitrogen and oxygen atoms in total. The van der Waals surface area contributed by atoms with Gasteiger partial charge in [-0.1, -0.05) is 23.4 Å². The van der Waals surface area contributed by atoms with E-state index in [1.54, 1.807) is 16.6 Å². The lowest BCUT2D eigenvalue weighted by atomic mass is 10.3. The van der Waals surface area contributed by atoms with Gasteiger partial charge in [-0.3, -0.25) is 0 Å². The molecule has 8 heteroatoms. The molecule has 0 aliphatic carbocycles. The fourth-order valence-electron chi connectivity index (χ4n) is 2.27. The van der Waals surface area contributed by atoms with Gasteiger partial charge in [0, 0.05) is 17.1 Å². The summed E-state index contributed by atoms with van der Waals surface area (Å²) in [4.78, 5) is 6.05. The van der Waals surface area contributed by atoms with Crippen molar-refractivity contribution in [2.24, 2.45) is 0 Å². The maximum Gasteiger partial charge on any atom is 0.171 e. The van der Waals surface area contributed by atoms with Gasteiger partial charge >= 0.3 is 0 Å². The Morgan fingerprint density at radius 3 is 2.87 bits per heavy atom. The number of nitrogens with one attached hydrogen (secondary N) is 1. The van der Waals surface area contributed by atoms with Crippen LogP contribution >= 0.6 is 23.4 Å². The van der Waals surface area contributed by atoms with Crippen LogP contribution in [0.3, 0.4) is 0 Å². The van der Waals surface area contributed by atoms with Crippen molar-refractivity contribution < 1.29 is 4.39 Å². The highest BCUT2D eigenvalue weighted by Crippen LogP contribution is 2.36. The van der Waals surface area contributed by atoms with Crippen LogP contribution in [-0.2, 0) is 6.54 Å². The first kappa shape index (κ1) is 16.0. The lowest BCUT2D eigenvalue weighted by Gasteiger charge is -2.06. The van der Waals surface area contributed by atoms with E-state index >= 15 is 0 Å². The first-order valence-electron chi connectivity index (χ1n) is 6.92. The van der Waals surface area contributed by atoms with Gasteiger partial charge in [0.15, 0.2) is 11.5 Å². The second kappa shape index (κ2) is 6.35. The molecule has 0 spiro atoms. The van der Waals surface area contributed by atoms with Gasteiger partial charge in [0.1, 0.15) is 10.7 Å². The summed E-state index contributed by atoms with van der Waals surface area (Å²) < 4.78 is 15.0. The minimum Gasteiger partial charge on any atom is -0.381 e. The Balaban J connectivity index is 2.10. The molecule has 0 amide bonds. The van der Waals surface area contributed by atoms with E-state index in [9.17, 15) is 4.39 Å². The quantitative estimate of drug-likeness (QED) is 0.755. The first-order valence-corrected chi connectivity index (χ1v) is 8.11. The minimum absolute atomic E-state index is 0.0741. The van der Waals surface area contributed by atoms with E-state index in [1.165, 1.54) is 17.8 Å². The molecule has 3 N–H and O–H groups in total. The number of nitrogens with two attached hydrogens (primary N) is 1. The van der Waals surface area contributed by atoms with Gasteiger partial charge in [-0.2, -0.15) is 0 Å². The summed E-state index contributed by atoms with van der Waals surface area (Å²) in [5.74, 6) is -0.0694. The third kappa shape index (κ3) is 3.12. The summed E-state index contributed by atoms with van der Waals surface area (Å²) >= 11 is 7.21. The van der Waals surface area contributed by atoms with Crippen molar-refractivity contribution in [2.45, 2.75) is 23.3 Å². The number of nitrogens with zero attached hydrogens (tertiary/aromatic N) is 3. The molecule has 0 atom stereocenters. The van der Waals surface area contributed by atoms with Gasteiger partial charge in [-0.25, -0.2) is 13.9 Å². The summed E-state index contributed by atoms with van der Waals surface area (Å²) in [5.41, 5.74) is 8.58. The Labute approximate surface area is 142 Å². The standard InChI is InChI=1S/C15H15ClFN5S/c1-8-5-9(7-19-2)22-15(20-8)13(14(18)21-22)23-10-3-4-12(17)11(16)6-10/h3-6,19H,7H2,1-2H3,(H2,18,21). The molecule has 3 rings (SSSR count). The Morgan fingerprint density at radius 1 is 1.39 bits per heavy atom. The zero-order valence-corrected chi connectivity index (χ0v) is 14.2. The Kier molecular flexibility index (Phi) is 4.43. The largest absolute Gasteiger partial charge is 0.381 e. The third-order valence-corrected chi connectivity index (χ3v) is 4.62. The fourth-order valence-corrected chi connectivity index (χ4v) is 3.44. The number of halogens is 2. The molecule has 3 aromatic rings. The van der Waals surface area contributed by atoms with Crippen molar-refractivity contribution in [1.82, 2.24) is 19.9 Å². The molecule has 120 valence electrons. The number of hydrogen-bond donors (Lipinski definition) is 2. The van der Waals surface area contributed by atoms with Crippen molar-refractivity contribution >= 4 is 34.8 Å². The molecule has 0 aliphatic heterocycles. The molecule has 0 radical (unpaired) electrons. The van der Waals surface area contributed by atoms with E-state index in [-0.39, 0.29) is 5.02 Å². The summed E-state index contributed by atoms with van der Waals surface area (Å²) in [7, 11) is 1.87. The van der Waals surface area contributed by atoms with Crippen LogP contribution < -0.4 is 11.1 Å². The van der Waals surface area contributed by atoms with Gasteiger partial charge < -0.3 is 11.1 Å². The Morgan fingerprint density at radius 2 is 2.17 bits per heavy atom. The highest BCUT2D eigenvalue weighted by Gasteiger charge is 2.16. The molecule has 0 aliphatic rings. The van der Waals surface area contributed by atoms with E-state index < -0.39 is 5.82 Å². The van der Waals surface area contributed by atoms with Crippen LogP contribution in [-0.4, -0.2) is 21.6 Å². The molecule has 0 saturated carbocycles. The van der Waals surface area contributed by atoms with Crippen LogP contribution in [0.4, 0.5) is 10.2 Å². The van der Waals surface area contributed by atoms with Gasteiger partial charge in [0.25, 0.3) is 0 Å². The monoisotopic (exact) mass is 351 g/mol. The van der Waals surface area contributed by atoms with Crippen molar-refractivity contribution in [3.8, 4) is 0 Å². The zero-order chi connectivity index (χ0) is 16.6. The highest BCUT2D eigenvalue weighted by atomic mass is 35.5. The number of anilines is 1. The molecular weight excluding hydrogens is 337 g/mol. The number of benzene rings is 1. The summed E-state index contributed by atoms with van der Waals surface area (Å²) in [6, 6.07) is 6.50. The lowest BCUT2D eigenvalue weighted by Crippen LogP contribution is -2.11. The van der Waals surface area contributed by atoms with Crippen LogP contribution in [0.5, 0.6) is 0 Å². The lowest BCUT2D eigenvalue weighted by molar-refractivity contribution is 0.627. The third-order valence-electron chi connectivity index (χ3n) is 3.24. The fraction of sp³-hybridized carbons (Fsp3) is 0.200. The average Bonchev–Trinajstić information content (AvgIpc) is 2.80. The minimum atomic E-state index is -0.450. The number of nitrogen functional groups attached to an aromatic ring is 1. The number of aryl methyl sites for hydroxylation is 1. The van der Waals surface area contributed by atoms with Gasteiger partial charge in [-0.05, 0) is 38.2 Å². The van der Waals surface area contributed by atoms with Crippen LogP contribution in [0.1, 0.15) is 11.4 Å². The molecule has 1 aromatic carbocycles. The summed E-state index contributed by atoms with van der Waals surface area (Å²) in [5, 5.41) is 7.55. The summed E-state index contributed by atoms with van der Waals surface area (Å²) in [6.45, 7) is 2.57. The van der Waals surface area contributed by atoms with E-state index in [0.29, 0.717) is 18.0 Å². The molecule has 0 unspecified atom stereocenters. The molecular formula is C15H15ClFN5S. The smallest absolute Gasteiger partial charge is 0.171 e. The van der Waals surface area contributed by atoms with E-state index in [4.69, 9.17) is 17.3 Å². The molecule has 2 heterocycles. The number of aromatic nitrogens is 3. The predicted octanol–water partition coefficient (Wildman–Crippen LogP) is 3.28. The highest BCUT2D eigenvalue weighted by molar-refractivity contribution is 7.99. The van der Waals surface area contributed by atoms with Crippen molar-refractivity contribution in [1.29, 1.82) is 0 Å². The van der Waals surface area contributed by atoms with Crippen LogP contribution in [0, 0.1) is 12.7 Å². The summed E-state index contributed by atoms with van der Waals surface area (Å²) in [6.07, 6.45) is 0. The average molecular weight is 352 g/mol. The number of fused-ring (bicyclic) bond motifs is 1. The zero-order valence-electron chi connectivity index (χ0n) is 12.6. The normalized spacial score (nSPS) is 11.3. The van der Waals surface area contributed by atoms with Crippen molar-refractivity contribution in [3.05, 3.63) is 46.5 Å². The van der Waals surface area contributed by atoms with E-state index in [1.807, 2.05) is 20.0 Å². The van der Waals surface area contributed by atoms with Crippen LogP contribution in [0.25, 0.3) is 5.65 Å². The Hall–Kier alpha value is -1.83. The SMILES string of the molecule is CNCc1cc(C)nc2c(Sc3ccc(F)c(Cl)c3)c(N)nn12. The molecule has 0 saturated heterocycles. The van der Waals surface area contributed by atoms with Crippen molar-refractivity contribution in [3.63, 3.8) is 0 Å². The molecule has 0 fully saturated rings. The maximum absolute atomic E-state index is 13.3. The van der Waals surface area contributed by atoms with Crippen molar-refractivity contribution in [2.75, 3.05) is 12.8 Å². The maximum atomic E-state index is 13.3. The number of rotatable bonds is 4. The second-order valence-corrected chi connectivity index (χ2v) is 6.54. The van der Waals surface area contributed by atoms with E-state index in [0.717, 1.165) is 21.2 Å². The van der Waals surface area contributed by atoms with Crippen LogP contribution in [0.15, 0.2) is 34.1 Å². The first-order chi connectivity index (χ1) is 11.0. The molecule has 0 bridgehead atoms. The second-order valence-electron chi connectivity index (χ2n) is 5.05. The number of hydrogen-bond acceptors (Lipinski definition) is 5. The van der Waals surface area contributed by atoms with Gasteiger partial charge in [0.05, 0.1) is 10.7 Å². The van der Waals surface area contributed by atoms with Crippen LogP contribution in [0.2, 0.25) is 5.02 Å². The van der Waals surface area contributed by atoms with Gasteiger partial charge in [-0.15, -0.1) is 5.10 Å². The Bertz CT molecular complexity index is 880. The van der Waals surface area contributed by atoms with Gasteiger partial charge in [0.2, 0.25) is 0 Å². The topological polar surface area (TPSA) is 68.2 Å². The predicted molar refractivity (Wildman–Crippen MR) is 90.4 cm³/mol. The van der Waals surface area contributed by atoms with E-state index in [2.05, 4.69) is 15.4 Å².